The van der Waals surface area contributed by atoms with Gasteiger partial charge in [-0.2, -0.15) is 4.31 Å². The Bertz CT molecular complexity index is 795. The first-order valence-corrected chi connectivity index (χ1v) is 11.5. The van der Waals surface area contributed by atoms with E-state index in [0.29, 0.717) is 24.0 Å². The molecule has 0 radical (unpaired) electrons. The summed E-state index contributed by atoms with van der Waals surface area (Å²) >= 11 is 0. The van der Waals surface area contributed by atoms with Crippen LogP contribution in [0.25, 0.3) is 0 Å². The van der Waals surface area contributed by atoms with Crippen LogP contribution in [0.4, 0.5) is 0 Å². The van der Waals surface area contributed by atoms with Gasteiger partial charge in [-0.25, -0.2) is 8.42 Å². The average Bonchev–Trinajstić information content (AvgIpc) is 3.29. The number of likely N-dealkylation sites (tertiary alicyclic amines) is 1. The standard InChI is InChI=1S/C20H28N2O3S/c23-26(24,19-8-7-16-5-1-2-6-17(16)11-19)22-14-20(15-22)12-18(13-25-20)21-9-3-4-10-21/h7-8,11,18H,1-6,9-10,12-15H2. The normalized spacial score (nSPS) is 29.0. The van der Waals surface area contributed by atoms with E-state index in [1.165, 1.54) is 43.5 Å². The maximum Gasteiger partial charge on any atom is 0.243 e. The maximum atomic E-state index is 13.0. The lowest BCUT2D eigenvalue weighted by molar-refractivity contribution is -0.0774. The number of hydrogen-bond acceptors (Lipinski definition) is 4. The summed E-state index contributed by atoms with van der Waals surface area (Å²) in [5, 5.41) is 0. The van der Waals surface area contributed by atoms with Crippen LogP contribution < -0.4 is 0 Å². The molecule has 0 saturated carbocycles. The van der Waals surface area contributed by atoms with Crippen LogP contribution in [-0.2, 0) is 27.6 Å². The number of sulfonamides is 1. The molecule has 3 heterocycles. The molecule has 4 aliphatic rings. The molecule has 3 saturated heterocycles. The van der Waals surface area contributed by atoms with Crippen LogP contribution in [-0.4, -0.2) is 62.1 Å². The third-order valence-electron chi connectivity index (χ3n) is 6.73. The first-order valence-electron chi connectivity index (χ1n) is 10.1. The number of fused-ring (bicyclic) bond motifs is 1. The minimum Gasteiger partial charge on any atom is -0.371 e. The lowest BCUT2D eigenvalue weighted by Gasteiger charge is -2.46. The van der Waals surface area contributed by atoms with E-state index in [-0.39, 0.29) is 5.60 Å². The van der Waals surface area contributed by atoms with Crippen molar-refractivity contribution in [2.75, 3.05) is 32.8 Å². The van der Waals surface area contributed by atoms with Gasteiger partial charge in [0, 0.05) is 19.1 Å². The van der Waals surface area contributed by atoms with Crippen molar-refractivity contribution < 1.29 is 13.2 Å². The van der Waals surface area contributed by atoms with E-state index in [1.54, 1.807) is 10.4 Å². The minimum atomic E-state index is -3.40. The van der Waals surface area contributed by atoms with Crippen molar-refractivity contribution in [1.29, 1.82) is 0 Å². The fourth-order valence-corrected chi connectivity index (χ4v) is 6.81. The van der Waals surface area contributed by atoms with Crippen molar-refractivity contribution in [3.8, 4) is 0 Å². The average molecular weight is 377 g/mol. The van der Waals surface area contributed by atoms with E-state index in [0.717, 1.165) is 32.3 Å². The van der Waals surface area contributed by atoms with Gasteiger partial charge < -0.3 is 4.74 Å². The van der Waals surface area contributed by atoms with Gasteiger partial charge in [-0.05, 0) is 81.3 Å². The summed E-state index contributed by atoms with van der Waals surface area (Å²) in [6.07, 6.45) is 7.99. The Hall–Kier alpha value is -0.950. The molecular weight excluding hydrogens is 348 g/mol. The van der Waals surface area contributed by atoms with Gasteiger partial charge in [-0.3, -0.25) is 4.90 Å². The van der Waals surface area contributed by atoms with E-state index in [4.69, 9.17) is 4.74 Å². The van der Waals surface area contributed by atoms with Crippen LogP contribution in [0.15, 0.2) is 23.1 Å². The molecule has 0 aromatic heterocycles. The smallest absolute Gasteiger partial charge is 0.243 e. The lowest BCUT2D eigenvalue weighted by Crippen LogP contribution is -2.63. The molecule has 1 aromatic carbocycles. The summed E-state index contributed by atoms with van der Waals surface area (Å²) < 4.78 is 33.8. The maximum absolute atomic E-state index is 13.0. The fraction of sp³-hybridized carbons (Fsp3) is 0.700. The molecule has 6 heteroatoms. The molecule has 1 aliphatic carbocycles. The Balaban J connectivity index is 1.28. The number of benzene rings is 1. The number of hydrogen-bond donors (Lipinski definition) is 0. The monoisotopic (exact) mass is 376 g/mol. The fourth-order valence-electron chi connectivity index (χ4n) is 5.17. The highest BCUT2D eigenvalue weighted by molar-refractivity contribution is 7.89. The molecule has 26 heavy (non-hydrogen) atoms. The summed E-state index contributed by atoms with van der Waals surface area (Å²) in [5.74, 6) is 0. The number of ether oxygens (including phenoxy) is 1. The zero-order valence-corrected chi connectivity index (χ0v) is 16.1. The summed E-state index contributed by atoms with van der Waals surface area (Å²) in [5.41, 5.74) is 2.30. The molecule has 142 valence electrons. The van der Waals surface area contributed by atoms with E-state index in [2.05, 4.69) is 4.90 Å². The van der Waals surface area contributed by atoms with E-state index >= 15 is 0 Å². The van der Waals surface area contributed by atoms with Crippen molar-refractivity contribution in [1.82, 2.24) is 9.21 Å². The molecule has 1 unspecified atom stereocenters. The molecular formula is C20H28N2O3S. The van der Waals surface area contributed by atoms with Crippen LogP contribution in [0.5, 0.6) is 0 Å². The first kappa shape index (κ1) is 17.2. The largest absolute Gasteiger partial charge is 0.371 e. The molecule has 1 atom stereocenters. The second-order valence-corrected chi connectivity index (χ2v) is 10.4. The van der Waals surface area contributed by atoms with Crippen molar-refractivity contribution in [3.05, 3.63) is 29.3 Å². The molecule has 0 bridgehead atoms. The van der Waals surface area contributed by atoms with Crippen molar-refractivity contribution in [2.45, 2.75) is 61.5 Å². The predicted octanol–water partition coefficient (Wildman–Crippen LogP) is 2.19. The van der Waals surface area contributed by atoms with Crippen molar-refractivity contribution >= 4 is 10.0 Å². The molecule has 0 amide bonds. The van der Waals surface area contributed by atoms with E-state index in [1.807, 2.05) is 12.1 Å². The van der Waals surface area contributed by atoms with Crippen LogP contribution in [0.1, 0.15) is 43.2 Å². The summed E-state index contributed by atoms with van der Waals surface area (Å²) in [6.45, 7) is 4.11. The number of nitrogens with zero attached hydrogens (tertiary/aromatic N) is 2. The Morgan fingerprint density at radius 2 is 1.73 bits per heavy atom. The Kier molecular flexibility index (Phi) is 4.16. The van der Waals surface area contributed by atoms with Crippen LogP contribution >= 0.6 is 0 Å². The number of rotatable bonds is 3. The third kappa shape index (κ3) is 2.82. The highest BCUT2D eigenvalue weighted by Crippen LogP contribution is 2.40. The molecule has 1 aromatic rings. The van der Waals surface area contributed by atoms with Gasteiger partial charge in [0.15, 0.2) is 0 Å². The topological polar surface area (TPSA) is 49.9 Å². The van der Waals surface area contributed by atoms with Crippen LogP contribution in [0.2, 0.25) is 0 Å². The first-order chi connectivity index (χ1) is 12.6. The third-order valence-corrected chi connectivity index (χ3v) is 8.52. The molecule has 3 fully saturated rings. The second kappa shape index (κ2) is 6.30. The Labute approximate surface area is 156 Å². The van der Waals surface area contributed by atoms with E-state index < -0.39 is 10.0 Å². The quantitative estimate of drug-likeness (QED) is 0.811. The summed E-state index contributed by atoms with van der Waals surface area (Å²) in [7, 11) is -3.40. The highest BCUT2D eigenvalue weighted by atomic mass is 32.2. The van der Waals surface area contributed by atoms with Gasteiger partial charge in [-0.1, -0.05) is 6.07 Å². The predicted molar refractivity (Wildman–Crippen MR) is 99.7 cm³/mol. The van der Waals surface area contributed by atoms with Crippen LogP contribution in [0, 0.1) is 0 Å². The van der Waals surface area contributed by atoms with Gasteiger partial charge in [0.25, 0.3) is 0 Å². The van der Waals surface area contributed by atoms with Gasteiger partial charge in [0.1, 0.15) is 0 Å². The van der Waals surface area contributed by atoms with Gasteiger partial charge in [-0.15, -0.1) is 0 Å². The summed E-state index contributed by atoms with van der Waals surface area (Å²) in [4.78, 5) is 2.98. The summed E-state index contributed by atoms with van der Waals surface area (Å²) in [6, 6.07) is 6.21. The van der Waals surface area contributed by atoms with Gasteiger partial charge in [0.05, 0.1) is 17.1 Å². The SMILES string of the molecule is O=S(=O)(c1ccc2c(c1)CCCC2)N1CC2(CC(N3CCCC3)CO2)C1. The molecule has 5 nitrogen and oxygen atoms in total. The molecule has 3 aliphatic heterocycles. The molecule has 1 spiro atoms. The van der Waals surface area contributed by atoms with E-state index in [9.17, 15) is 8.42 Å². The van der Waals surface area contributed by atoms with Crippen molar-refractivity contribution in [2.24, 2.45) is 0 Å². The molecule has 5 rings (SSSR count). The second-order valence-electron chi connectivity index (χ2n) is 8.51. The van der Waals surface area contributed by atoms with Gasteiger partial charge >= 0.3 is 0 Å². The Morgan fingerprint density at radius 1 is 1.00 bits per heavy atom. The number of aryl methyl sites for hydroxylation is 2. The Morgan fingerprint density at radius 3 is 2.50 bits per heavy atom. The minimum absolute atomic E-state index is 0.242. The highest BCUT2D eigenvalue weighted by Gasteiger charge is 2.54. The van der Waals surface area contributed by atoms with Gasteiger partial charge in [0.2, 0.25) is 10.0 Å². The zero-order chi connectivity index (χ0) is 17.8. The van der Waals surface area contributed by atoms with Crippen LogP contribution in [0.3, 0.4) is 0 Å². The lowest BCUT2D eigenvalue weighted by atomic mass is 9.91. The molecule has 0 N–H and O–H groups in total. The zero-order valence-electron chi connectivity index (χ0n) is 15.3. The van der Waals surface area contributed by atoms with Crippen molar-refractivity contribution in [3.63, 3.8) is 0 Å².